The summed E-state index contributed by atoms with van der Waals surface area (Å²) in [6.45, 7) is 6.38. The van der Waals surface area contributed by atoms with E-state index in [1.54, 1.807) is 0 Å². The molecule has 1 saturated heterocycles. The van der Waals surface area contributed by atoms with E-state index in [0.717, 1.165) is 12.8 Å². The summed E-state index contributed by atoms with van der Waals surface area (Å²) in [5.41, 5.74) is 0. The maximum atomic E-state index is 12.0. The molecule has 0 aromatic rings. The molecule has 0 saturated carbocycles. The lowest BCUT2D eigenvalue weighted by molar-refractivity contribution is 0.114. The summed E-state index contributed by atoms with van der Waals surface area (Å²) in [4.78, 5) is 0. The first-order valence-electron chi connectivity index (χ1n) is 6.89. The molecule has 1 rings (SSSR count). The lowest BCUT2D eigenvalue weighted by atomic mass is 10.0. The summed E-state index contributed by atoms with van der Waals surface area (Å²) in [5, 5.41) is 9.11. The Morgan fingerprint density at radius 2 is 2.21 bits per heavy atom. The van der Waals surface area contributed by atoms with Crippen LogP contribution in [-0.2, 0) is 14.9 Å². The van der Waals surface area contributed by atoms with Crippen LogP contribution >= 0.6 is 0 Å². The van der Waals surface area contributed by atoms with E-state index in [2.05, 4.69) is 4.72 Å². The highest BCUT2D eigenvalue weighted by Crippen LogP contribution is 2.17. The third kappa shape index (κ3) is 6.18. The minimum Gasteiger partial charge on any atom is -0.396 e. The molecule has 0 amide bonds. The van der Waals surface area contributed by atoms with Gasteiger partial charge in [-0.05, 0) is 24.7 Å². The van der Waals surface area contributed by atoms with Gasteiger partial charge in [-0.25, -0.2) is 0 Å². The monoisotopic (exact) mass is 294 g/mol. The Balaban J connectivity index is 2.30. The van der Waals surface area contributed by atoms with Gasteiger partial charge in [0.05, 0.1) is 6.61 Å². The van der Waals surface area contributed by atoms with Crippen molar-refractivity contribution in [3.05, 3.63) is 0 Å². The van der Waals surface area contributed by atoms with E-state index < -0.39 is 10.2 Å². The van der Waals surface area contributed by atoms with Crippen LogP contribution in [0.4, 0.5) is 0 Å². The molecule has 1 unspecified atom stereocenters. The van der Waals surface area contributed by atoms with Crippen LogP contribution in [0.3, 0.4) is 0 Å². The zero-order chi connectivity index (χ0) is 14.3. The Morgan fingerprint density at radius 3 is 2.84 bits per heavy atom. The first-order chi connectivity index (χ1) is 8.95. The Hall–Kier alpha value is -0.210. The highest BCUT2D eigenvalue weighted by atomic mass is 32.2. The van der Waals surface area contributed by atoms with Gasteiger partial charge >= 0.3 is 0 Å². The van der Waals surface area contributed by atoms with Crippen LogP contribution in [0.1, 0.15) is 26.7 Å². The average Bonchev–Trinajstić information content (AvgIpc) is 2.38. The lowest BCUT2D eigenvalue weighted by Gasteiger charge is -2.30. The molecule has 0 aromatic heterocycles. The van der Waals surface area contributed by atoms with Crippen molar-refractivity contribution >= 4 is 10.2 Å². The van der Waals surface area contributed by atoms with E-state index in [1.807, 2.05) is 13.8 Å². The molecule has 0 aromatic carbocycles. The summed E-state index contributed by atoms with van der Waals surface area (Å²) in [6, 6.07) is 0. The van der Waals surface area contributed by atoms with Crippen molar-refractivity contribution in [1.29, 1.82) is 0 Å². The van der Waals surface area contributed by atoms with Gasteiger partial charge in [-0.3, -0.25) is 0 Å². The number of hydrogen-bond donors (Lipinski definition) is 2. The highest BCUT2D eigenvalue weighted by Gasteiger charge is 2.27. The largest absolute Gasteiger partial charge is 0.396 e. The lowest BCUT2D eigenvalue weighted by Crippen LogP contribution is -2.47. The first kappa shape index (κ1) is 16.8. The Bertz CT molecular complexity index is 346. The standard InChI is InChI=1S/C12H26N2O4S/c1-11(2)10-18-7-5-13-19(16,17)14-6-3-4-12(8-14)9-15/h11-13,15H,3-10H2,1-2H3. The molecular weight excluding hydrogens is 268 g/mol. The molecule has 114 valence electrons. The Morgan fingerprint density at radius 1 is 1.47 bits per heavy atom. The van der Waals surface area contributed by atoms with Crippen molar-refractivity contribution in [2.24, 2.45) is 11.8 Å². The van der Waals surface area contributed by atoms with Gasteiger partial charge in [0.15, 0.2) is 0 Å². The van der Waals surface area contributed by atoms with Gasteiger partial charge in [-0.1, -0.05) is 13.8 Å². The number of ether oxygens (including phenoxy) is 1. The number of aliphatic hydroxyl groups is 1. The van der Waals surface area contributed by atoms with E-state index in [1.165, 1.54) is 4.31 Å². The summed E-state index contributed by atoms with van der Waals surface area (Å²) in [7, 11) is -3.43. The minimum absolute atomic E-state index is 0.0452. The molecule has 19 heavy (non-hydrogen) atoms. The van der Waals surface area contributed by atoms with Crippen LogP contribution in [0.25, 0.3) is 0 Å². The average molecular weight is 294 g/mol. The molecule has 2 N–H and O–H groups in total. The van der Waals surface area contributed by atoms with Crippen LogP contribution in [0.5, 0.6) is 0 Å². The fourth-order valence-electron chi connectivity index (χ4n) is 2.05. The third-order valence-electron chi connectivity index (χ3n) is 3.06. The molecule has 6 nitrogen and oxygen atoms in total. The minimum atomic E-state index is -3.43. The number of rotatable bonds is 8. The van der Waals surface area contributed by atoms with E-state index in [9.17, 15) is 8.42 Å². The van der Waals surface area contributed by atoms with Crippen LogP contribution in [-0.4, -0.2) is 57.3 Å². The third-order valence-corrected chi connectivity index (χ3v) is 4.64. The Kier molecular flexibility index (Phi) is 7.23. The topological polar surface area (TPSA) is 78.9 Å². The highest BCUT2D eigenvalue weighted by molar-refractivity contribution is 7.87. The fourth-order valence-corrected chi connectivity index (χ4v) is 3.35. The summed E-state index contributed by atoms with van der Waals surface area (Å²) in [5.74, 6) is 0.506. The molecule has 7 heteroatoms. The number of nitrogens with one attached hydrogen (secondary N) is 1. The molecule has 1 aliphatic rings. The van der Waals surface area contributed by atoms with Crippen molar-refractivity contribution in [2.75, 3.05) is 39.5 Å². The number of nitrogens with zero attached hydrogens (tertiary/aromatic N) is 1. The van der Waals surface area contributed by atoms with E-state index in [0.29, 0.717) is 32.2 Å². The molecule has 0 bridgehead atoms. The van der Waals surface area contributed by atoms with Crippen LogP contribution < -0.4 is 4.72 Å². The molecule has 1 atom stereocenters. The second kappa shape index (κ2) is 8.16. The predicted molar refractivity (Wildman–Crippen MR) is 74.0 cm³/mol. The molecule has 1 fully saturated rings. The van der Waals surface area contributed by atoms with Gasteiger partial charge in [-0.15, -0.1) is 0 Å². The SMILES string of the molecule is CC(C)COCCNS(=O)(=O)N1CCCC(CO)C1. The van der Waals surface area contributed by atoms with E-state index >= 15 is 0 Å². The van der Waals surface area contributed by atoms with E-state index in [-0.39, 0.29) is 19.1 Å². The van der Waals surface area contributed by atoms with Crippen molar-refractivity contribution in [3.8, 4) is 0 Å². The number of piperidine rings is 1. The fraction of sp³-hybridized carbons (Fsp3) is 1.00. The summed E-state index contributed by atoms with van der Waals surface area (Å²) < 4.78 is 33.3. The first-order valence-corrected chi connectivity index (χ1v) is 8.33. The summed E-state index contributed by atoms with van der Waals surface area (Å²) >= 11 is 0. The van der Waals surface area contributed by atoms with Gasteiger partial charge in [0.1, 0.15) is 0 Å². The van der Waals surface area contributed by atoms with Crippen molar-refractivity contribution in [1.82, 2.24) is 9.03 Å². The quantitative estimate of drug-likeness (QED) is 0.627. The van der Waals surface area contributed by atoms with Gasteiger partial charge in [0, 0.05) is 32.8 Å². The second-order valence-corrected chi connectivity index (χ2v) is 7.17. The number of hydrogen-bond acceptors (Lipinski definition) is 4. The summed E-state index contributed by atoms with van der Waals surface area (Å²) in [6.07, 6.45) is 1.69. The molecule has 0 spiro atoms. The predicted octanol–water partition coefficient (Wildman–Crippen LogP) is 0.198. The normalized spacial score (nSPS) is 22.0. The smallest absolute Gasteiger partial charge is 0.279 e. The number of aliphatic hydroxyl groups excluding tert-OH is 1. The van der Waals surface area contributed by atoms with Crippen molar-refractivity contribution in [2.45, 2.75) is 26.7 Å². The second-order valence-electron chi connectivity index (χ2n) is 5.42. The van der Waals surface area contributed by atoms with Gasteiger partial charge in [0.25, 0.3) is 10.2 Å². The van der Waals surface area contributed by atoms with Crippen molar-refractivity contribution < 1.29 is 18.3 Å². The maximum absolute atomic E-state index is 12.0. The molecule has 1 aliphatic heterocycles. The van der Waals surface area contributed by atoms with Crippen LogP contribution in [0.15, 0.2) is 0 Å². The van der Waals surface area contributed by atoms with Crippen LogP contribution in [0, 0.1) is 11.8 Å². The van der Waals surface area contributed by atoms with Gasteiger partial charge < -0.3 is 9.84 Å². The molecule has 0 aliphatic carbocycles. The van der Waals surface area contributed by atoms with Crippen molar-refractivity contribution in [3.63, 3.8) is 0 Å². The molecular formula is C12H26N2O4S. The van der Waals surface area contributed by atoms with Crippen LogP contribution in [0.2, 0.25) is 0 Å². The Labute approximate surface area is 116 Å². The maximum Gasteiger partial charge on any atom is 0.279 e. The molecule has 1 heterocycles. The molecule has 0 radical (unpaired) electrons. The zero-order valence-corrected chi connectivity index (χ0v) is 12.7. The van der Waals surface area contributed by atoms with E-state index in [4.69, 9.17) is 9.84 Å². The zero-order valence-electron chi connectivity index (χ0n) is 11.8. The van der Waals surface area contributed by atoms with Gasteiger partial charge in [-0.2, -0.15) is 17.4 Å². The van der Waals surface area contributed by atoms with Gasteiger partial charge in [0.2, 0.25) is 0 Å².